The monoisotopic (exact) mass is 446 g/mol. The molecule has 1 aliphatic rings. The molecule has 0 atom stereocenters. The first kappa shape index (κ1) is 23.1. The molecule has 0 spiro atoms. The molecule has 168 valence electrons. The van der Waals surface area contributed by atoms with Crippen LogP contribution < -0.4 is 4.74 Å². The molecule has 1 fully saturated rings. The predicted molar refractivity (Wildman–Crippen MR) is 118 cm³/mol. The minimum absolute atomic E-state index is 0.220. The van der Waals surface area contributed by atoms with Crippen molar-refractivity contribution in [1.82, 2.24) is 9.88 Å². The molecule has 1 aliphatic heterocycles. The number of nitrogens with zero attached hydrogens (tertiary/aromatic N) is 2. The quantitative estimate of drug-likeness (QED) is 0.638. The molecule has 2 aromatic rings. The molecule has 3 rings (SSSR count). The van der Waals surface area contributed by atoms with Crippen LogP contribution in [0, 0.1) is 5.92 Å². The van der Waals surface area contributed by atoms with Gasteiger partial charge in [0.05, 0.1) is 17.2 Å². The summed E-state index contributed by atoms with van der Waals surface area (Å²) < 4.78 is 34.1. The van der Waals surface area contributed by atoms with Crippen LogP contribution in [0.25, 0.3) is 0 Å². The maximum Gasteiger partial charge on any atom is 0.409 e. The van der Waals surface area contributed by atoms with E-state index in [9.17, 15) is 13.2 Å². The lowest BCUT2D eigenvalue weighted by atomic mass is 9.90. The Morgan fingerprint density at radius 3 is 2.35 bits per heavy atom. The molecule has 31 heavy (non-hydrogen) atoms. The Hall–Kier alpha value is -2.61. The molecule has 1 saturated heterocycles. The van der Waals surface area contributed by atoms with Crippen molar-refractivity contribution in [2.75, 3.05) is 26.0 Å². The Balaban J connectivity index is 1.48. The van der Waals surface area contributed by atoms with E-state index in [1.165, 1.54) is 18.4 Å². The van der Waals surface area contributed by atoms with Gasteiger partial charge in [-0.3, -0.25) is 4.98 Å². The molecule has 0 N–H and O–H groups in total. The minimum Gasteiger partial charge on any atom is -0.487 e. The van der Waals surface area contributed by atoms with Crippen LogP contribution in [-0.4, -0.2) is 50.3 Å². The summed E-state index contributed by atoms with van der Waals surface area (Å²) in [6.45, 7) is 6.18. The van der Waals surface area contributed by atoms with E-state index in [1.54, 1.807) is 17.0 Å². The second-order valence-electron chi connectivity index (χ2n) is 8.35. The Kier molecular flexibility index (Phi) is 7.54. The molecule has 2 heterocycles. The number of piperidine rings is 1. The Labute approximate surface area is 184 Å². The molecule has 0 bridgehead atoms. The van der Waals surface area contributed by atoms with E-state index in [1.807, 2.05) is 26.1 Å². The summed E-state index contributed by atoms with van der Waals surface area (Å²) >= 11 is 0. The normalized spacial score (nSPS) is 15.2. The number of likely N-dealkylation sites (tertiary alicyclic amines) is 1. The summed E-state index contributed by atoms with van der Waals surface area (Å²) in [6.07, 6.45) is 4.61. The van der Waals surface area contributed by atoms with Crippen molar-refractivity contribution in [3.63, 3.8) is 0 Å². The number of carbonyl (C=O) groups excluding carboxylic acids is 1. The molecule has 1 aromatic carbocycles. The van der Waals surface area contributed by atoms with Crippen LogP contribution in [0.5, 0.6) is 5.75 Å². The van der Waals surface area contributed by atoms with Crippen molar-refractivity contribution >= 4 is 15.9 Å². The van der Waals surface area contributed by atoms with Crippen LogP contribution >= 0.6 is 0 Å². The van der Waals surface area contributed by atoms with Gasteiger partial charge in [0.25, 0.3) is 0 Å². The Morgan fingerprint density at radius 2 is 1.81 bits per heavy atom. The zero-order valence-electron chi connectivity index (χ0n) is 18.3. The fraction of sp³-hybridized carbons (Fsp3) is 0.478. The summed E-state index contributed by atoms with van der Waals surface area (Å²) in [6, 6.07) is 10.4. The number of ether oxygens (including phenoxy) is 2. The van der Waals surface area contributed by atoms with E-state index >= 15 is 0 Å². The highest BCUT2D eigenvalue weighted by Crippen LogP contribution is 2.28. The number of benzene rings is 1. The molecular weight excluding hydrogens is 416 g/mol. The van der Waals surface area contributed by atoms with Gasteiger partial charge >= 0.3 is 6.09 Å². The second-order valence-corrected chi connectivity index (χ2v) is 10.4. The SMILES string of the molecule is CC(C)COC(=O)N1CCC(c2ccc(COc3ccc(S(C)(=O)=O)cc3)nc2)CC1. The van der Waals surface area contributed by atoms with Gasteiger partial charge in [-0.15, -0.1) is 0 Å². The average Bonchev–Trinajstić information content (AvgIpc) is 2.76. The molecule has 1 amide bonds. The predicted octanol–water partition coefficient (Wildman–Crippen LogP) is 4.04. The molecular formula is C23H30N2O5S. The van der Waals surface area contributed by atoms with Gasteiger partial charge < -0.3 is 14.4 Å². The molecule has 0 saturated carbocycles. The largest absolute Gasteiger partial charge is 0.487 e. The van der Waals surface area contributed by atoms with Gasteiger partial charge in [0.1, 0.15) is 12.4 Å². The number of rotatable bonds is 7. The van der Waals surface area contributed by atoms with Crippen LogP contribution in [0.3, 0.4) is 0 Å². The number of amides is 1. The van der Waals surface area contributed by atoms with Gasteiger partial charge in [-0.05, 0) is 60.6 Å². The molecule has 0 radical (unpaired) electrons. The fourth-order valence-electron chi connectivity index (χ4n) is 3.43. The van der Waals surface area contributed by atoms with Crippen molar-refractivity contribution < 1.29 is 22.7 Å². The second kappa shape index (κ2) is 10.1. The Morgan fingerprint density at radius 1 is 1.13 bits per heavy atom. The highest BCUT2D eigenvalue weighted by atomic mass is 32.2. The number of carbonyl (C=O) groups is 1. The number of sulfone groups is 1. The topological polar surface area (TPSA) is 85.8 Å². The molecule has 7 nitrogen and oxygen atoms in total. The maximum absolute atomic E-state index is 12.1. The maximum atomic E-state index is 12.1. The van der Waals surface area contributed by atoms with E-state index < -0.39 is 9.84 Å². The zero-order chi connectivity index (χ0) is 22.4. The summed E-state index contributed by atoms with van der Waals surface area (Å²) in [5.41, 5.74) is 1.96. The lowest BCUT2D eigenvalue weighted by molar-refractivity contribution is 0.0834. The summed E-state index contributed by atoms with van der Waals surface area (Å²) in [5, 5.41) is 0. The van der Waals surface area contributed by atoms with Crippen LogP contribution in [0.15, 0.2) is 47.5 Å². The van der Waals surface area contributed by atoms with Gasteiger partial charge in [-0.25, -0.2) is 13.2 Å². The van der Waals surface area contributed by atoms with Crippen molar-refractivity contribution in [1.29, 1.82) is 0 Å². The average molecular weight is 447 g/mol. The van der Waals surface area contributed by atoms with E-state index in [-0.39, 0.29) is 11.0 Å². The van der Waals surface area contributed by atoms with E-state index in [0.29, 0.717) is 43.9 Å². The Bertz CT molecular complexity index is 964. The zero-order valence-corrected chi connectivity index (χ0v) is 19.1. The number of pyridine rings is 1. The fourth-order valence-corrected chi connectivity index (χ4v) is 4.06. The third kappa shape index (κ3) is 6.69. The first-order chi connectivity index (χ1) is 14.7. The third-order valence-corrected chi connectivity index (χ3v) is 6.38. The van der Waals surface area contributed by atoms with Crippen LogP contribution in [0.1, 0.15) is 43.9 Å². The first-order valence-corrected chi connectivity index (χ1v) is 12.4. The van der Waals surface area contributed by atoms with Crippen molar-refractivity contribution in [3.05, 3.63) is 53.9 Å². The standard InChI is InChI=1S/C23H30N2O5S/c1-17(2)15-30-23(26)25-12-10-18(11-13-25)19-4-5-20(24-14-19)16-29-21-6-8-22(9-7-21)31(3,27)28/h4-9,14,17-18H,10-13,15-16H2,1-3H3. The van der Waals surface area contributed by atoms with Gasteiger partial charge in [0.15, 0.2) is 9.84 Å². The van der Waals surface area contributed by atoms with Crippen LogP contribution in [0.4, 0.5) is 4.79 Å². The van der Waals surface area contributed by atoms with Gasteiger partial charge in [0, 0.05) is 25.5 Å². The lowest BCUT2D eigenvalue weighted by Crippen LogP contribution is -2.38. The van der Waals surface area contributed by atoms with Crippen LogP contribution in [0.2, 0.25) is 0 Å². The van der Waals surface area contributed by atoms with E-state index in [4.69, 9.17) is 9.47 Å². The van der Waals surface area contributed by atoms with Gasteiger partial charge in [0.2, 0.25) is 0 Å². The molecule has 8 heteroatoms. The minimum atomic E-state index is -3.21. The number of aromatic nitrogens is 1. The summed E-state index contributed by atoms with van der Waals surface area (Å²) in [5.74, 6) is 1.30. The van der Waals surface area contributed by atoms with Crippen molar-refractivity contribution in [3.8, 4) is 5.75 Å². The highest BCUT2D eigenvalue weighted by Gasteiger charge is 2.25. The summed E-state index contributed by atoms with van der Waals surface area (Å²) in [7, 11) is -3.21. The number of hydrogen-bond acceptors (Lipinski definition) is 6. The molecule has 0 unspecified atom stereocenters. The van der Waals surface area contributed by atoms with Crippen LogP contribution in [-0.2, 0) is 21.2 Å². The van der Waals surface area contributed by atoms with E-state index in [0.717, 1.165) is 24.1 Å². The third-order valence-electron chi connectivity index (χ3n) is 5.25. The van der Waals surface area contributed by atoms with E-state index in [2.05, 4.69) is 11.1 Å². The first-order valence-electron chi connectivity index (χ1n) is 10.5. The van der Waals surface area contributed by atoms with Gasteiger partial charge in [-0.2, -0.15) is 0 Å². The van der Waals surface area contributed by atoms with Gasteiger partial charge in [-0.1, -0.05) is 19.9 Å². The highest BCUT2D eigenvalue weighted by molar-refractivity contribution is 7.90. The van der Waals surface area contributed by atoms with Crippen molar-refractivity contribution in [2.45, 2.75) is 44.1 Å². The lowest BCUT2D eigenvalue weighted by Gasteiger charge is -2.31. The number of hydrogen-bond donors (Lipinski definition) is 0. The summed E-state index contributed by atoms with van der Waals surface area (Å²) in [4.78, 5) is 18.6. The molecule has 1 aromatic heterocycles. The smallest absolute Gasteiger partial charge is 0.409 e. The molecule has 0 aliphatic carbocycles. The van der Waals surface area contributed by atoms with Crippen molar-refractivity contribution in [2.24, 2.45) is 5.92 Å².